The van der Waals surface area contributed by atoms with E-state index in [4.69, 9.17) is 17.4 Å². The first-order valence-corrected chi connectivity index (χ1v) is 7.03. The second-order valence-electron chi connectivity index (χ2n) is 4.33. The topological polar surface area (TPSA) is 38.0 Å². The van der Waals surface area contributed by atoms with Crippen molar-refractivity contribution in [3.05, 3.63) is 68.7 Å². The van der Waals surface area contributed by atoms with Gasteiger partial charge in [0.1, 0.15) is 11.6 Å². The Morgan fingerprint density at radius 2 is 1.85 bits per heavy atom. The Kier molecular flexibility index (Phi) is 5.10. The highest BCUT2D eigenvalue weighted by Gasteiger charge is 2.15. The Morgan fingerprint density at radius 1 is 1.15 bits per heavy atom. The van der Waals surface area contributed by atoms with Gasteiger partial charge in [0.25, 0.3) is 0 Å². The third kappa shape index (κ3) is 3.55. The third-order valence-electron chi connectivity index (χ3n) is 2.98. The largest absolute Gasteiger partial charge is 0.271 e. The number of halogens is 4. The molecular formula is C14H12BrClF2N2. The molecule has 0 radical (unpaired) electrons. The van der Waals surface area contributed by atoms with Crippen LogP contribution in [0.2, 0.25) is 5.02 Å². The summed E-state index contributed by atoms with van der Waals surface area (Å²) in [5.41, 5.74) is 3.79. The van der Waals surface area contributed by atoms with E-state index in [1.165, 1.54) is 18.2 Å². The van der Waals surface area contributed by atoms with E-state index in [9.17, 15) is 8.78 Å². The Balaban J connectivity index is 2.28. The quantitative estimate of drug-likeness (QED) is 0.635. The number of nitrogens with one attached hydrogen (secondary N) is 1. The van der Waals surface area contributed by atoms with Gasteiger partial charge in [-0.2, -0.15) is 0 Å². The molecule has 0 fully saturated rings. The minimum absolute atomic E-state index is 0.0115. The summed E-state index contributed by atoms with van der Waals surface area (Å²) in [6.45, 7) is 0. The fourth-order valence-corrected chi connectivity index (χ4v) is 2.52. The van der Waals surface area contributed by atoms with Crippen molar-refractivity contribution >= 4 is 27.5 Å². The second-order valence-corrected chi connectivity index (χ2v) is 5.66. The van der Waals surface area contributed by atoms with Crippen LogP contribution < -0.4 is 11.3 Å². The van der Waals surface area contributed by atoms with Crippen molar-refractivity contribution in [2.45, 2.75) is 12.5 Å². The molecule has 1 atom stereocenters. The molecule has 1 unspecified atom stereocenters. The van der Waals surface area contributed by atoms with Crippen molar-refractivity contribution in [1.29, 1.82) is 0 Å². The van der Waals surface area contributed by atoms with Gasteiger partial charge in [0.2, 0.25) is 0 Å². The van der Waals surface area contributed by atoms with Crippen LogP contribution in [0.15, 0.2) is 40.9 Å². The van der Waals surface area contributed by atoms with Crippen LogP contribution >= 0.6 is 27.5 Å². The maximum absolute atomic E-state index is 13.7. The van der Waals surface area contributed by atoms with Gasteiger partial charge in [-0.1, -0.05) is 33.6 Å². The standard InChI is InChI=1S/C14H12BrClF2N2/c15-10-2-4-12(17)9(5-10)7-14(20-19)8-1-3-13(18)11(16)6-8/h1-6,14,20H,7,19H2. The molecule has 0 aromatic heterocycles. The number of nitrogens with two attached hydrogens (primary N) is 1. The zero-order valence-corrected chi connectivity index (χ0v) is 12.7. The predicted molar refractivity (Wildman–Crippen MR) is 79.3 cm³/mol. The average Bonchev–Trinajstić information content (AvgIpc) is 2.43. The molecule has 20 heavy (non-hydrogen) atoms. The van der Waals surface area contributed by atoms with Crippen molar-refractivity contribution in [3.8, 4) is 0 Å². The highest BCUT2D eigenvalue weighted by molar-refractivity contribution is 9.10. The van der Waals surface area contributed by atoms with Crippen molar-refractivity contribution in [3.63, 3.8) is 0 Å². The summed E-state index contributed by atoms with van der Waals surface area (Å²) in [5.74, 6) is 4.69. The number of hydrazine groups is 1. The number of rotatable bonds is 4. The lowest BCUT2D eigenvalue weighted by Gasteiger charge is -2.17. The predicted octanol–water partition coefficient (Wildman–Crippen LogP) is 4.13. The molecule has 2 aromatic rings. The molecule has 106 valence electrons. The molecular weight excluding hydrogens is 350 g/mol. The van der Waals surface area contributed by atoms with E-state index < -0.39 is 5.82 Å². The molecule has 0 aliphatic carbocycles. The van der Waals surface area contributed by atoms with Crippen molar-refractivity contribution in [2.24, 2.45) is 5.84 Å². The number of hydrogen-bond donors (Lipinski definition) is 2. The highest BCUT2D eigenvalue weighted by Crippen LogP contribution is 2.25. The van der Waals surface area contributed by atoms with Gasteiger partial charge in [-0.05, 0) is 47.9 Å². The van der Waals surface area contributed by atoms with Crippen LogP contribution in [0.1, 0.15) is 17.2 Å². The Morgan fingerprint density at radius 3 is 2.50 bits per heavy atom. The average molecular weight is 362 g/mol. The van der Waals surface area contributed by atoms with Gasteiger partial charge < -0.3 is 0 Å². The summed E-state index contributed by atoms with van der Waals surface area (Å²) < 4.78 is 27.7. The van der Waals surface area contributed by atoms with Crippen molar-refractivity contribution in [2.75, 3.05) is 0 Å². The van der Waals surface area contributed by atoms with E-state index in [-0.39, 0.29) is 16.9 Å². The number of hydrogen-bond acceptors (Lipinski definition) is 2. The van der Waals surface area contributed by atoms with Crippen molar-refractivity contribution in [1.82, 2.24) is 5.43 Å². The van der Waals surface area contributed by atoms with E-state index in [2.05, 4.69) is 21.4 Å². The smallest absolute Gasteiger partial charge is 0.141 e. The maximum Gasteiger partial charge on any atom is 0.141 e. The van der Waals surface area contributed by atoms with Gasteiger partial charge in [0.05, 0.1) is 11.1 Å². The van der Waals surface area contributed by atoms with Crippen LogP contribution in [0.25, 0.3) is 0 Å². The van der Waals surface area contributed by atoms with E-state index in [0.717, 1.165) is 4.47 Å². The summed E-state index contributed by atoms with van der Waals surface area (Å²) in [4.78, 5) is 0. The second kappa shape index (κ2) is 6.63. The van der Waals surface area contributed by atoms with Gasteiger partial charge in [-0.25, -0.2) is 8.78 Å². The first-order chi connectivity index (χ1) is 9.51. The fraction of sp³-hybridized carbons (Fsp3) is 0.143. The van der Waals surface area contributed by atoms with Crippen LogP contribution in [0.4, 0.5) is 8.78 Å². The van der Waals surface area contributed by atoms with Gasteiger partial charge >= 0.3 is 0 Å². The molecule has 0 aliphatic rings. The molecule has 0 saturated heterocycles. The van der Waals surface area contributed by atoms with Gasteiger partial charge in [-0.15, -0.1) is 0 Å². The van der Waals surface area contributed by atoms with Crippen LogP contribution in [0.3, 0.4) is 0 Å². The molecule has 2 aromatic carbocycles. The molecule has 6 heteroatoms. The monoisotopic (exact) mass is 360 g/mol. The lowest BCUT2D eigenvalue weighted by atomic mass is 9.99. The SMILES string of the molecule is NNC(Cc1cc(Br)ccc1F)c1ccc(F)c(Cl)c1. The normalized spacial score (nSPS) is 12.4. The van der Waals surface area contributed by atoms with E-state index in [1.807, 2.05) is 0 Å². The highest BCUT2D eigenvalue weighted by atomic mass is 79.9. The van der Waals surface area contributed by atoms with E-state index >= 15 is 0 Å². The molecule has 0 amide bonds. The van der Waals surface area contributed by atoms with Crippen LogP contribution in [-0.4, -0.2) is 0 Å². The van der Waals surface area contributed by atoms with Gasteiger partial charge in [-0.3, -0.25) is 11.3 Å². The number of benzene rings is 2. The fourth-order valence-electron chi connectivity index (χ4n) is 1.92. The molecule has 0 bridgehead atoms. The van der Waals surface area contributed by atoms with Crippen LogP contribution in [0, 0.1) is 11.6 Å². The summed E-state index contributed by atoms with van der Waals surface area (Å²) in [7, 11) is 0. The Labute approximate surface area is 129 Å². The minimum atomic E-state index is -0.500. The maximum atomic E-state index is 13.7. The van der Waals surface area contributed by atoms with Crippen LogP contribution in [0.5, 0.6) is 0 Å². The first-order valence-electron chi connectivity index (χ1n) is 5.86. The lowest BCUT2D eigenvalue weighted by Crippen LogP contribution is -2.29. The van der Waals surface area contributed by atoms with Crippen LogP contribution in [-0.2, 0) is 6.42 Å². The van der Waals surface area contributed by atoms with E-state index in [0.29, 0.717) is 17.5 Å². The molecule has 2 rings (SSSR count). The molecule has 3 N–H and O–H groups in total. The molecule has 0 saturated carbocycles. The summed E-state index contributed by atoms with van der Waals surface area (Å²) >= 11 is 9.05. The third-order valence-corrected chi connectivity index (χ3v) is 3.76. The first kappa shape index (κ1) is 15.4. The molecule has 2 nitrogen and oxygen atoms in total. The molecule has 0 heterocycles. The Hall–Kier alpha value is -1.01. The van der Waals surface area contributed by atoms with Crippen molar-refractivity contribution < 1.29 is 8.78 Å². The van der Waals surface area contributed by atoms with Gasteiger partial charge in [0.15, 0.2) is 0 Å². The summed E-state index contributed by atoms with van der Waals surface area (Å²) in [5, 5.41) is 0.0115. The molecule has 0 spiro atoms. The zero-order chi connectivity index (χ0) is 14.7. The zero-order valence-electron chi connectivity index (χ0n) is 10.3. The summed E-state index contributed by atoms with van der Waals surface area (Å²) in [6.07, 6.45) is 0.323. The lowest BCUT2D eigenvalue weighted by molar-refractivity contribution is 0.527. The molecule has 0 aliphatic heterocycles. The minimum Gasteiger partial charge on any atom is -0.271 e. The van der Waals surface area contributed by atoms with Gasteiger partial charge in [0, 0.05) is 4.47 Å². The summed E-state index contributed by atoms with van der Waals surface area (Å²) in [6, 6.07) is 8.64. The van der Waals surface area contributed by atoms with E-state index in [1.54, 1.807) is 18.2 Å². The Bertz CT molecular complexity index is 622.